The molecule has 0 unspecified atom stereocenters. The highest BCUT2D eigenvalue weighted by atomic mass is 35.5. The molecule has 5 nitrogen and oxygen atoms in total. The van der Waals surface area contributed by atoms with Crippen molar-refractivity contribution in [3.63, 3.8) is 0 Å². The number of ether oxygens (including phenoxy) is 1. The van der Waals surface area contributed by atoms with Crippen molar-refractivity contribution in [2.24, 2.45) is 0 Å². The number of nitrogens with zero attached hydrogens (tertiary/aromatic N) is 1. The fourth-order valence-electron chi connectivity index (χ4n) is 3.33. The molecule has 0 aliphatic carbocycles. The third-order valence-electron chi connectivity index (χ3n) is 4.72. The second-order valence-corrected chi connectivity index (χ2v) is 7.45. The van der Waals surface area contributed by atoms with E-state index in [-0.39, 0.29) is 5.91 Å². The summed E-state index contributed by atoms with van der Waals surface area (Å²) in [6.07, 6.45) is 0. The molecule has 0 atom stereocenters. The molecule has 3 aromatic rings. The van der Waals surface area contributed by atoms with Crippen molar-refractivity contribution >= 4 is 46.7 Å². The zero-order chi connectivity index (χ0) is 18.8. The Labute approximate surface area is 168 Å². The molecule has 27 heavy (non-hydrogen) atoms. The molecule has 2 heterocycles. The summed E-state index contributed by atoms with van der Waals surface area (Å²) in [6.45, 7) is 3.81. The molecule has 0 saturated carbocycles. The summed E-state index contributed by atoms with van der Waals surface area (Å²) >= 11 is 10.6. The van der Waals surface area contributed by atoms with E-state index in [0.29, 0.717) is 36.2 Å². The van der Waals surface area contributed by atoms with Crippen LogP contribution in [0.5, 0.6) is 0 Å². The lowest BCUT2D eigenvalue weighted by Gasteiger charge is -2.26. The van der Waals surface area contributed by atoms with Crippen molar-refractivity contribution in [2.75, 3.05) is 31.6 Å². The molecule has 1 aromatic heterocycles. The van der Waals surface area contributed by atoms with Gasteiger partial charge < -0.3 is 15.0 Å². The molecule has 7 heteroatoms. The molecule has 0 spiro atoms. The standard InChI is InChI=1S/C20H20ClN3O2S/c21-16-3-1-2-4-17(16)23-20(25)19-15(12-24-7-9-26-10-8-24)14-6-5-13(27)11-18(14)22-19/h1-6,11,22,27H,7-10,12H2,(H,23,25). The Hall–Kier alpha value is -1.99. The number of fused-ring (bicyclic) bond motifs is 1. The van der Waals surface area contributed by atoms with Gasteiger partial charge in [-0.25, -0.2) is 0 Å². The highest BCUT2D eigenvalue weighted by Crippen LogP contribution is 2.28. The highest BCUT2D eigenvalue weighted by molar-refractivity contribution is 7.80. The first-order valence-corrected chi connectivity index (χ1v) is 9.64. The fourth-order valence-corrected chi connectivity index (χ4v) is 3.72. The highest BCUT2D eigenvalue weighted by Gasteiger charge is 2.21. The van der Waals surface area contributed by atoms with Crippen LogP contribution >= 0.6 is 24.2 Å². The normalized spacial score (nSPS) is 15.2. The van der Waals surface area contributed by atoms with Gasteiger partial charge in [0.05, 0.1) is 23.9 Å². The van der Waals surface area contributed by atoms with Gasteiger partial charge in [-0.1, -0.05) is 29.8 Å². The summed E-state index contributed by atoms with van der Waals surface area (Å²) in [5.74, 6) is -0.205. The second kappa shape index (κ2) is 7.94. The lowest BCUT2D eigenvalue weighted by molar-refractivity contribution is 0.0342. The van der Waals surface area contributed by atoms with E-state index in [2.05, 4.69) is 27.8 Å². The summed E-state index contributed by atoms with van der Waals surface area (Å²) in [4.78, 5) is 19.4. The van der Waals surface area contributed by atoms with E-state index in [1.807, 2.05) is 30.3 Å². The quantitative estimate of drug-likeness (QED) is 0.574. The molecule has 2 N–H and O–H groups in total. The number of nitrogens with one attached hydrogen (secondary N) is 2. The third-order valence-corrected chi connectivity index (χ3v) is 5.33. The maximum absolute atomic E-state index is 13.0. The molecular formula is C20H20ClN3O2S. The topological polar surface area (TPSA) is 57.4 Å². The van der Waals surface area contributed by atoms with Crippen LogP contribution in [0, 0.1) is 0 Å². The maximum atomic E-state index is 13.0. The SMILES string of the molecule is O=C(Nc1ccccc1Cl)c1[nH]c2cc(S)ccc2c1CN1CCOCC1. The number of aromatic nitrogens is 1. The number of thiol groups is 1. The van der Waals surface area contributed by atoms with Crippen LogP contribution in [0.3, 0.4) is 0 Å². The van der Waals surface area contributed by atoms with E-state index in [1.54, 1.807) is 12.1 Å². The second-order valence-electron chi connectivity index (χ2n) is 6.53. The number of aromatic amines is 1. The van der Waals surface area contributed by atoms with Crippen molar-refractivity contribution in [3.8, 4) is 0 Å². The van der Waals surface area contributed by atoms with E-state index in [9.17, 15) is 4.79 Å². The summed E-state index contributed by atoms with van der Waals surface area (Å²) in [5.41, 5.74) is 3.02. The van der Waals surface area contributed by atoms with Gasteiger partial charge in [-0.2, -0.15) is 0 Å². The number of rotatable bonds is 4. The Morgan fingerprint density at radius 2 is 2.00 bits per heavy atom. The Morgan fingerprint density at radius 1 is 1.22 bits per heavy atom. The van der Waals surface area contributed by atoms with Crippen LogP contribution < -0.4 is 5.32 Å². The Balaban J connectivity index is 1.70. The zero-order valence-electron chi connectivity index (χ0n) is 14.7. The number of hydrogen-bond acceptors (Lipinski definition) is 4. The molecule has 1 aliphatic heterocycles. The van der Waals surface area contributed by atoms with Gasteiger partial charge >= 0.3 is 0 Å². The van der Waals surface area contributed by atoms with Crippen molar-refractivity contribution < 1.29 is 9.53 Å². The number of halogens is 1. The van der Waals surface area contributed by atoms with Crippen molar-refractivity contribution in [3.05, 3.63) is 58.7 Å². The number of H-pyrrole nitrogens is 1. The van der Waals surface area contributed by atoms with Gasteiger partial charge in [0.2, 0.25) is 0 Å². The average Bonchev–Trinajstić information content (AvgIpc) is 3.02. The summed E-state index contributed by atoms with van der Waals surface area (Å²) < 4.78 is 5.44. The van der Waals surface area contributed by atoms with Gasteiger partial charge in [-0.15, -0.1) is 12.6 Å². The predicted octanol–water partition coefficient (Wildman–Crippen LogP) is 4.19. The Kier molecular flexibility index (Phi) is 5.41. The van der Waals surface area contributed by atoms with E-state index in [1.165, 1.54) is 0 Å². The molecule has 1 aliphatic rings. The fraction of sp³-hybridized carbons (Fsp3) is 0.250. The lowest BCUT2D eigenvalue weighted by Crippen LogP contribution is -2.36. The van der Waals surface area contributed by atoms with E-state index in [0.717, 1.165) is 34.5 Å². The minimum Gasteiger partial charge on any atom is -0.379 e. The monoisotopic (exact) mass is 401 g/mol. The number of hydrogen-bond donors (Lipinski definition) is 3. The van der Waals surface area contributed by atoms with Crippen LogP contribution in [0.25, 0.3) is 10.9 Å². The predicted molar refractivity (Wildman–Crippen MR) is 111 cm³/mol. The van der Waals surface area contributed by atoms with Crippen LogP contribution in [0.1, 0.15) is 16.1 Å². The van der Waals surface area contributed by atoms with E-state index in [4.69, 9.17) is 16.3 Å². The summed E-state index contributed by atoms with van der Waals surface area (Å²) in [7, 11) is 0. The van der Waals surface area contributed by atoms with E-state index < -0.39 is 0 Å². The van der Waals surface area contributed by atoms with Gasteiger partial charge in [0, 0.05) is 41.0 Å². The number of carbonyl (C=O) groups excluding carboxylic acids is 1. The largest absolute Gasteiger partial charge is 0.379 e. The van der Waals surface area contributed by atoms with Crippen LogP contribution in [-0.2, 0) is 11.3 Å². The van der Waals surface area contributed by atoms with Crippen molar-refractivity contribution in [2.45, 2.75) is 11.4 Å². The first kappa shape index (κ1) is 18.4. The molecule has 1 amide bonds. The average molecular weight is 402 g/mol. The van der Waals surface area contributed by atoms with Crippen LogP contribution in [0.4, 0.5) is 5.69 Å². The number of benzene rings is 2. The first-order chi connectivity index (χ1) is 13.1. The maximum Gasteiger partial charge on any atom is 0.272 e. The molecule has 1 fully saturated rings. The molecule has 1 saturated heterocycles. The van der Waals surface area contributed by atoms with Crippen LogP contribution in [0.2, 0.25) is 5.02 Å². The number of para-hydroxylation sites is 1. The first-order valence-electron chi connectivity index (χ1n) is 8.81. The molecule has 0 bridgehead atoms. The van der Waals surface area contributed by atoms with Crippen LogP contribution in [-0.4, -0.2) is 42.1 Å². The summed E-state index contributed by atoms with van der Waals surface area (Å²) in [5, 5.41) is 4.46. The molecule has 4 rings (SSSR count). The number of anilines is 1. The summed E-state index contributed by atoms with van der Waals surface area (Å²) in [6, 6.07) is 13.1. The Bertz CT molecular complexity index is 983. The minimum atomic E-state index is -0.205. The lowest BCUT2D eigenvalue weighted by atomic mass is 10.1. The smallest absolute Gasteiger partial charge is 0.272 e. The van der Waals surface area contributed by atoms with Crippen LogP contribution in [0.15, 0.2) is 47.4 Å². The van der Waals surface area contributed by atoms with Crippen molar-refractivity contribution in [1.82, 2.24) is 9.88 Å². The number of amides is 1. The van der Waals surface area contributed by atoms with Gasteiger partial charge in [0.1, 0.15) is 5.69 Å². The Morgan fingerprint density at radius 3 is 2.78 bits per heavy atom. The zero-order valence-corrected chi connectivity index (χ0v) is 16.3. The molecule has 2 aromatic carbocycles. The number of carbonyl (C=O) groups is 1. The molecule has 0 radical (unpaired) electrons. The van der Waals surface area contributed by atoms with Gasteiger partial charge in [-0.3, -0.25) is 9.69 Å². The van der Waals surface area contributed by atoms with E-state index >= 15 is 0 Å². The van der Waals surface area contributed by atoms with Crippen molar-refractivity contribution in [1.29, 1.82) is 0 Å². The minimum absolute atomic E-state index is 0.205. The number of morpholine rings is 1. The third kappa shape index (κ3) is 3.99. The molecule has 140 valence electrons. The molecular weight excluding hydrogens is 382 g/mol. The van der Waals surface area contributed by atoms with Gasteiger partial charge in [0.15, 0.2) is 0 Å². The van der Waals surface area contributed by atoms with Gasteiger partial charge in [0.25, 0.3) is 5.91 Å². The van der Waals surface area contributed by atoms with Gasteiger partial charge in [-0.05, 0) is 24.3 Å².